The number of fused-ring (bicyclic) bond motifs is 2. The summed E-state index contributed by atoms with van der Waals surface area (Å²) >= 11 is 5.60. The molecule has 0 radical (unpaired) electrons. The van der Waals surface area contributed by atoms with Crippen molar-refractivity contribution in [1.82, 2.24) is 9.97 Å². The van der Waals surface area contributed by atoms with E-state index >= 15 is 0 Å². The number of aldehydes is 1. The second kappa shape index (κ2) is 7.80. The van der Waals surface area contributed by atoms with Gasteiger partial charge in [-0.2, -0.15) is 0 Å². The highest BCUT2D eigenvalue weighted by molar-refractivity contribution is 6.49. The van der Waals surface area contributed by atoms with Gasteiger partial charge in [0, 0.05) is 11.8 Å². The number of halogens is 1. The van der Waals surface area contributed by atoms with Crippen molar-refractivity contribution in [3.05, 3.63) is 80.7 Å². The number of nitrogens with zero attached hydrogens (tertiary/aromatic N) is 2. The fraction of sp³-hybridized carbons (Fsp3) is 0.0500. The summed E-state index contributed by atoms with van der Waals surface area (Å²) in [4.78, 5) is 64.4. The number of Topliss-reactive ketones (excluding diaryl/α,β-unsaturated/α-hetero) is 3. The van der Waals surface area contributed by atoms with Crippen molar-refractivity contribution in [1.29, 1.82) is 0 Å². The SMILES string of the molecule is Cc1ccc2c(n1)C(=O)C(N)=CC2=O.NC1=C(Cl)C(=O)c2ccc(C=O)nc2C1=O. The zero-order chi connectivity index (χ0) is 22.2. The van der Waals surface area contributed by atoms with E-state index in [2.05, 4.69) is 9.97 Å². The molecule has 0 saturated heterocycles. The average Bonchev–Trinajstić information content (AvgIpc) is 2.74. The Kier molecular flexibility index (Phi) is 5.39. The molecule has 0 spiro atoms. The Morgan fingerprint density at radius 2 is 1.50 bits per heavy atom. The van der Waals surface area contributed by atoms with Gasteiger partial charge in [-0.1, -0.05) is 11.6 Å². The largest absolute Gasteiger partial charge is 0.395 e. The molecule has 0 aromatic carbocycles. The smallest absolute Gasteiger partial charge is 0.229 e. The fourth-order valence-electron chi connectivity index (χ4n) is 2.71. The average molecular weight is 425 g/mol. The van der Waals surface area contributed by atoms with Gasteiger partial charge in [0.1, 0.15) is 27.8 Å². The minimum Gasteiger partial charge on any atom is -0.395 e. The summed E-state index contributed by atoms with van der Waals surface area (Å²) in [6.07, 6.45) is 1.62. The van der Waals surface area contributed by atoms with E-state index in [1.54, 1.807) is 19.1 Å². The number of aryl methyl sites for hydroxylation is 1. The third-order valence-electron chi connectivity index (χ3n) is 4.24. The molecule has 150 valence electrons. The van der Waals surface area contributed by atoms with Crippen LogP contribution in [0.3, 0.4) is 0 Å². The van der Waals surface area contributed by atoms with Gasteiger partial charge < -0.3 is 11.5 Å². The number of carbonyl (C=O) groups is 5. The van der Waals surface area contributed by atoms with Gasteiger partial charge in [0.2, 0.25) is 17.3 Å². The summed E-state index contributed by atoms with van der Waals surface area (Å²) < 4.78 is 0. The molecule has 10 heteroatoms. The molecule has 0 bridgehead atoms. The van der Waals surface area contributed by atoms with Gasteiger partial charge in [-0.3, -0.25) is 24.0 Å². The number of rotatable bonds is 1. The van der Waals surface area contributed by atoms with Gasteiger partial charge in [0.05, 0.1) is 16.8 Å². The molecule has 2 aromatic rings. The van der Waals surface area contributed by atoms with Crippen molar-refractivity contribution in [2.45, 2.75) is 6.92 Å². The predicted molar refractivity (Wildman–Crippen MR) is 105 cm³/mol. The maximum absolute atomic E-state index is 11.6. The lowest BCUT2D eigenvalue weighted by Crippen LogP contribution is -2.26. The number of hydrogen-bond acceptors (Lipinski definition) is 9. The quantitative estimate of drug-likeness (QED) is 0.642. The van der Waals surface area contributed by atoms with Crippen LogP contribution < -0.4 is 11.5 Å². The first-order valence-corrected chi connectivity index (χ1v) is 8.78. The van der Waals surface area contributed by atoms with E-state index in [0.717, 1.165) is 6.08 Å². The second-order valence-electron chi connectivity index (χ2n) is 6.28. The van der Waals surface area contributed by atoms with Crippen LogP contribution in [0.15, 0.2) is 46.8 Å². The van der Waals surface area contributed by atoms with Crippen LogP contribution in [0.2, 0.25) is 0 Å². The van der Waals surface area contributed by atoms with Crippen LogP contribution in [0.1, 0.15) is 57.9 Å². The standard InChI is InChI=1S/C10H5ClN2O3.C10H8N2O2/c11-6-7(12)10(16)8-5(9(6)15)2-1-4(3-14)13-8;1-5-2-3-6-8(13)4-7(11)10(14)9(6)12-5/h1-3H,12H2;2-4H,11H2,1H3. The summed E-state index contributed by atoms with van der Waals surface area (Å²) in [5, 5.41) is -0.307. The Labute approximate surface area is 174 Å². The first-order chi connectivity index (χ1) is 14.1. The Hall–Kier alpha value is -3.98. The van der Waals surface area contributed by atoms with Gasteiger partial charge >= 0.3 is 0 Å². The molecule has 2 aromatic heterocycles. The van der Waals surface area contributed by atoms with Crippen LogP contribution in [0.25, 0.3) is 0 Å². The van der Waals surface area contributed by atoms with E-state index in [1.165, 1.54) is 12.1 Å². The molecule has 0 aliphatic heterocycles. The number of allylic oxidation sites excluding steroid dienone is 4. The zero-order valence-corrected chi connectivity index (χ0v) is 16.2. The highest BCUT2D eigenvalue weighted by Crippen LogP contribution is 2.25. The van der Waals surface area contributed by atoms with Crippen molar-refractivity contribution in [2.75, 3.05) is 0 Å². The third-order valence-corrected chi connectivity index (χ3v) is 4.62. The molecule has 30 heavy (non-hydrogen) atoms. The molecule has 4 N–H and O–H groups in total. The van der Waals surface area contributed by atoms with Gasteiger partial charge in [-0.25, -0.2) is 9.97 Å². The molecule has 0 unspecified atom stereocenters. The second-order valence-corrected chi connectivity index (χ2v) is 6.66. The summed E-state index contributed by atoms with van der Waals surface area (Å²) in [6.45, 7) is 1.76. The van der Waals surface area contributed by atoms with E-state index in [0.29, 0.717) is 17.5 Å². The molecule has 2 aliphatic rings. The van der Waals surface area contributed by atoms with Crippen LogP contribution in [-0.2, 0) is 0 Å². The molecule has 0 saturated carbocycles. The molecule has 4 rings (SSSR count). The van der Waals surface area contributed by atoms with Crippen LogP contribution in [0.5, 0.6) is 0 Å². The van der Waals surface area contributed by atoms with E-state index in [4.69, 9.17) is 23.1 Å². The summed E-state index contributed by atoms with van der Waals surface area (Å²) in [7, 11) is 0. The monoisotopic (exact) mass is 424 g/mol. The highest BCUT2D eigenvalue weighted by Gasteiger charge is 2.31. The number of hydrogen-bond donors (Lipinski definition) is 2. The van der Waals surface area contributed by atoms with Gasteiger partial charge in [-0.15, -0.1) is 0 Å². The number of ketones is 4. The topological polar surface area (TPSA) is 163 Å². The van der Waals surface area contributed by atoms with E-state index in [9.17, 15) is 24.0 Å². The zero-order valence-electron chi connectivity index (χ0n) is 15.4. The normalized spacial score (nSPS) is 15.1. The van der Waals surface area contributed by atoms with Crippen molar-refractivity contribution in [3.8, 4) is 0 Å². The lowest BCUT2D eigenvalue weighted by atomic mass is 9.97. The van der Waals surface area contributed by atoms with E-state index in [-0.39, 0.29) is 50.6 Å². The van der Waals surface area contributed by atoms with Crippen molar-refractivity contribution in [3.63, 3.8) is 0 Å². The van der Waals surface area contributed by atoms with Gasteiger partial charge in [0.25, 0.3) is 0 Å². The Balaban J connectivity index is 0.000000172. The number of carbonyl (C=O) groups excluding carboxylic acids is 5. The van der Waals surface area contributed by atoms with Gasteiger partial charge in [-0.05, 0) is 31.2 Å². The van der Waals surface area contributed by atoms with E-state index < -0.39 is 11.6 Å². The van der Waals surface area contributed by atoms with Crippen LogP contribution in [0, 0.1) is 6.92 Å². The van der Waals surface area contributed by atoms with Crippen molar-refractivity contribution in [2.24, 2.45) is 11.5 Å². The predicted octanol–water partition coefficient (Wildman–Crippen LogP) is 1.29. The summed E-state index contributed by atoms with van der Waals surface area (Å²) in [5.41, 5.74) is 11.6. The summed E-state index contributed by atoms with van der Waals surface area (Å²) in [6, 6.07) is 5.96. The number of pyridine rings is 2. The lowest BCUT2D eigenvalue weighted by Gasteiger charge is -2.13. The van der Waals surface area contributed by atoms with Crippen molar-refractivity contribution < 1.29 is 24.0 Å². The minimum absolute atomic E-state index is 0.0411. The maximum atomic E-state index is 11.6. The lowest BCUT2D eigenvalue weighted by molar-refractivity contribution is 0.0975. The number of aromatic nitrogens is 2. The molecule has 0 fully saturated rings. The van der Waals surface area contributed by atoms with Gasteiger partial charge in [0.15, 0.2) is 12.1 Å². The first-order valence-electron chi connectivity index (χ1n) is 8.40. The Morgan fingerprint density at radius 3 is 2.17 bits per heavy atom. The molecular weight excluding hydrogens is 412 g/mol. The van der Waals surface area contributed by atoms with Crippen LogP contribution in [-0.4, -0.2) is 39.4 Å². The van der Waals surface area contributed by atoms with Crippen molar-refractivity contribution >= 4 is 41.0 Å². The van der Waals surface area contributed by atoms with Crippen LogP contribution >= 0.6 is 11.6 Å². The first kappa shape index (κ1) is 20.7. The third kappa shape index (κ3) is 3.53. The van der Waals surface area contributed by atoms with Crippen LogP contribution in [0.4, 0.5) is 0 Å². The Morgan fingerprint density at radius 1 is 0.867 bits per heavy atom. The highest BCUT2D eigenvalue weighted by atomic mass is 35.5. The maximum Gasteiger partial charge on any atom is 0.229 e. The van der Waals surface area contributed by atoms with E-state index in [1.807, 2.05) is 0 Å². The molecule has 0 amide bonds. The minimum atomic E-state index is -0.636. The summed E-state index contributed by atoms with van der Waals surface area (Å²) in [5.74, 6) is -1.82. The Bertz CT molecular complexity index is 1230. The molecular formula is C20H13ClN4O5. The number of nitrogens with two attached hydrogens (primary N) is 2. The fourth-order valence-corrected chi connectivity index (χ4v) is 2.90. The molecule has 2 aliphatic carbocycles. The molecule has 9 nitrogen and oxygen atoms in total. The molecule has 2 heterocycles. The molecule has 0 atom stereocenters.